The molecule has 1 aromatic carbocycles. The smallest absolute Gasteiger partial charge is 0.263 e. The van der Waals surface area contributed by atoms with E-state index >= 15 is 0 Å². The average molecular weight is 529 g/mol. The third-order valence-electron chi connectivity index (χ3n) is 6.67. The molecule has 4 rings (SSSR count). The van der Waals surface area contributed by atoms with Crippen molar-refractivity contribution in [3.05, 3.63) is 50.7 Å². The zero-order chi connectivity index (χ0) is 25.5. The molecule has 1 saturated heterocycles. The predicted molar refractivity (Wildman–Crippen MR) is 151 cm³/mol. The van der Waals surface area contributed by atoms with Crippen LogP contribution in [0.25, 0.3) is 11.3 Å². The topological polar surface area (TPSA) is 53.4 Å². The molecule has 4 nitrogen and oxygen atoms in total. The number of phenols is 1. The number of rotatable bonds is 4. The van der Waals surface area contributed by atoms with E-state index in [0.717, 1.165) is 58.2 Å². The summed E-state index contributed by atoms with van der Waals surface area (Å²) in [7, 11) is 0. The fourth-order valence-corrected chi connectivity index (χ4v) is 7.08. The van der Waals surface area contributed by atoms with E-state index < -0.39 is 0 Å². The van der Waals surface area contributed by atoms with Gasteiger partial charge in [-0.15, -0.1) is 34.4 Å². The van der Waals surface area contributed by atoms with Crippen LogP contribution < -0.4 is 0 Å². The van der Waals surface area contributed by atoms with Gasteiger partial charge in [0.15, 0.2) is 0 Å². The summed E-state index contributed by atoms with van der Waals surface area (Å²) >= 11 is 4.98. The SMILES string of the molecule is CSc1ccc(C(=O)N2CCC(c3nc(-c4cc(C(C)(C)C)c(O)c(C(C)(C)C)c4)cs3)CC2)s1. The summed E-state index contributed by atoms with van der Waals surface area (Å²) in [4.78, 5) is 20.8. The second kappa shape index (κ2) is 9.91. The molecule has 0 saturated carbocycles. The highest BCUT2D eigenvalue weighted by molar-refractivity contribution is 8.00. The Hall–Kier alpha value is -1.83. The van der Waals surface area contributed by atoms with Crippen molar-refractivity contribution in [2.24, 2.45) is 0 Å². The van der Waals surface area contributed by atoms with Crippen molar-refractivity contribution < 1.29 is 9.90 Å². The van der Waals surface area contributed by atoms with E-state index in [2.05, 4.69) is 59.1 Å². The number of hydrogen-bond acceptors (Lipinski definition) is 6. The molecular formula is C28H36N2O2S3. The number of aromatic hydroxyl groups is 1. The first-order valence-electron chi connectivity index (χ1n) is 12.2. The van der Waals surface area contributed by atoms with Gasteiger partial charge in [0, 0.05) is 41.1 Å². The molecular weight excluding hydrogens is 493 g/mol. The van der Waals surface area contributed by atoms with Crippen LogP contribution >= 0.6 is 34.4 Å². The van der Waals surface area contributed by atoms with Gasteiger partial charge in [-0.05, 0) is 54.2 Å². The highest BCUT2D eigenvalue weighted by atomic mass is 32.2. The van der Waals surface area contributed by atoms with Crippen molar-refractivity contribution >= 4 is 40.3 Å². The summed E-state index contributed by atoms with van der Waals surface area (Å²) in [5.74, 6) is 0.933. The summed E-state index contributed by atoms with van der Waals surface area (Å²) < 4.78 is 1.18. The van der Waals surface area contributed by atoms with Crippen LogP contribution in [0, 0.1) is 0 Å². The molecule has 0 spiro atoms. The van der Waals surface area contributed by atoms with Gasteiger partial charge < -0.3 is 10.0 Å². The van der Waals surface area contributed by atoms with Crippen molar-refractivity contribution in [3.63, 3.8) is 0 Å². The second-order valence-electron chi connectivity index (χ2n) is 11.4. The van der Waals surface area contributed by atoms with Crippen LogP contribution in [0.5, 0.6) is 5.75 Å². The molecule has 1 fully saturated rings. The molecule has 0 atom stereocenters. The Kier molecular flexibility index (Phi) is 7.43. The molecule has 0 radical (unpaired) electrons. The highest BCUT2D eigenvalue weighted by Crippen LogP contribution is 2.43. The molecule has 0 unspecified atom stereocenters. The minimum atomic E-state index is -0.169. The van der Waals surface area contributed by atoms with E-state index in [0.29, 0.717) is 11.7 Å². The Morgan fingerprint density at radius 2 is 1.66 bits per heavy atom. The Balaban J connectivity index is 1.53. The van der Waals surface area contributed by atoms with Gasteiger partial charge in [0.05, 0.1) is 19.8 Å². The van der Waals surface area contributed by atoms with Gasteiger partial charge >= 0.3 is 0 Å². The first kappa shape index (κ1) is 26.2. The number of benzene rings is 1. The largest absolute Gasteiger partial charge is 0.507 e. The fraction of sp³-hybridized carbons (Fsp3) is 0.500. The quantitative estimate of drug-likeness (QED) is 0.350. The third kappa shape index (κ3) is 5.62. The normalized spacial score (nSPS) is 15.6. The van der Waals surface area contributed by atoms with Crippen LogP contribution in [0.2, 0.25) is 0 Å². The Labute approximate surface area is 221 Å². The first-order valence-corrected chi connectivity index (χ1v) is 15.1. The molecule has 1 amide bonds. The van der Waals surface area contributed by atoms with Gasteiger partial charge in [-0.1, -0.05) is 41.5 Å². The van der Waals surface area contributed by atoms with E-state index in [4.69, 9.17) is 4.98 Å². The molecule has 3 aromatic rings. The Morgan fingerprint density at radius 3 is 2.17 bits per heavy atom. The molecule has 1 aliphatic heterocycles. The highest BCUT2D eigenvalue weighted by Gasteiger charge is 2.29. The van der Waals surface area contributed by atoms with Gasteiger partial charge in [-0.2, -0.15) is 0 Å². The van der Waals surface area contributed by atoms with Crippen molar-refractivity contribution in [3.8, 4) is 17.0 Å². The maximum absolute atomic E-state index is 12.9. The Bertz CT molecular complexity index is 1170. The lowest BCUT2D eigenvalue weighted by atomic mass is 9.78. The number of thioether (sulfide) groups is 1. The summed E-state index contributed by atoms with van der Waals surface area (Å²) in [5.41, 5.74) is 3.62. The monoisotopic (exact) mass is 528 g/mol. The van der Waals surface area contributed by atoms with E-state index in [9.17, 15) is 9.90 Å². The number of piperidine rings is 1. The van der Waals surface area contributed by atoms with Gasteiger partial charge in [0.1, 0.15) is 5.75 Å². The predicted octanol–water partition coefficient (Wildman–Crippen LogP) is 7.91. The maximum atomic E-state index is 12.9. The summed E-state index contributed by atoms with van der Waals surface area (Å²) in [5, 5.41) is 14.4. The number of nitrogens with zero attached hydrogens (tertiary/aromatic N) is 2. The maximum Gasteiger partial charge on any atom is 0.263 e. The van der Waals surface area contributed by atoms with Crippen LogP contribution in [0.15, 0.2) is 33.9 Å². The van der Waals surface area contributed by atoms with Crippen molar-refractivity contribution in [2.45, 2.75) is 75.3 Å². The molecule has 3 heterocycles. The summed E-state index contributed by atoms with van der Waals surface area (Å²) in [6.07, 6.45) is 3.92. The average Bonchev–Trinajstić information content (AvgIpc) is 3.47. The summed E-state index contributed by atoms with van der Waals surface area (Å²) in [6.45, 7) is 14.4. The number of hydrogen-bond donors (Lipinski definition) is 1. The molecule has 35 heavy (non-hydrogen) atoms. The number of thiophene rings is 1. The lowest BCUT2D eigenvalue weighted by Crippen LogP contribution is -2.37. The number of carbonyl (C=O) groups is 1. The lowest BCUT2D eigenvalue weighted by Gasteiger charge is -2.30. The minimum Gasteiger partial charge on any atom is -0.507 e. The van der Waals surface area contributed by atoms with Gasteiger partial charge in [0.25, 0.3) is 5.91 Å². The number of phenolic OH excluding ortho intramolecular Hbond substituents is 1. The first-order chi connectivity index (χ1) is 16.4. The molecule has 1 N–H and O–H groups in total. The van der Waals surface area contributed by atoms with Gasteiger partial charge in [-0.25, -0.2) is 4.98 Å². The summed E-state index contributed by atoms with van der Waals surface area (Å²) in [6, 6.07) is 8.20. The van der Waals surface area contributed by atoms with E-state index in [1.165, 1.54) is 4.21 Å². The van der Waals surface area contributed by atoms with Gasteiger partial charge in [-0.3, -0.25) is 4.79 Å². The number of likely N-dealkylation sites (tertiary alicyclic amines) is 1. The molecule has 188 valence electrons. The zero-order valence-corrected chi connectivity index (χ0v) is 24.2. The third-order valence-corrected chi connectivity index (χ3v) is 9.83. The molecule has 1 aliphatic rings. The number of amides is 1. The van der Waals surface area contributed by atoms with Crippen LogP contribution in [-0.2, 0) is 10.8 Å². The van der Waals surface area contributed by atoms with Crippen molar-refractivity contribution in [1.29, 1.82) is 0 Å². The number of thiazole rings is 1. The Morgan fingerprint density at radius 1 is 1.06 bits per heavy atom. The lowest BCUT2D eigenvalue weighted by molar-refractivity contribution is 0.0718. The molecule has 0 aliphatic carbocycles. The number of carbonyl (C=O) groups excluding carboxylic acids is 1. The van der Waals surface area contributed by atoms with Crippen LogP contribution in [0.3, 0.4) is 0 Å². The van der Waals surface area contributed by atoms with Crippen LogP contribution in [0.1, 0.15) is 86.1 Å². The van der Waals surface area contributed by atoms with E-state index in [-0.39, 0.29) is 16.7 Å². The van der Waals surface area contributed by atoms with E-state index in [1.807, 2.05) is 23.3 Å². The zero-order valence-electron chi connectivity index (χ0n) is 21.8. The second-order valence-corrected chi connectivity index (χ2v) is 14.5. The molecule has 0 bridgehead atoms. The standard InChI is InChI=1S/C28H36N2O2S3/c1-27(2,3)19-14-18(15-20(24(19)31)28(4,5)6)21-16-34-25(29-21)17-10-12-30(13-11-17)26(32)22-8-9-23(33-7)35-22/h8-9,14-17,31H,10-13H2,1-7H3. The van der Waals surface area contributed by atoms with E-state index in [1.54, 1.807) is 34.4 Å². The van der Waals surface area contributed by atoms with Crippen molar-refractivity contribution in [2.75, 3.05) is 19.3 Å². The number of aromatic nitrogens is 1. The van der Waals surface area contributed by atoms with Crippen molar-refractivity contribution in [1.82, 2.24) is 9.88 Å². The minimum absolute atomic E-state index is 0.155. The van der Waals surface area contributed by atoms with Crippen LogP contribution in [0.4, 0.5) is 0 Å². The molecule has 2 aromatic heterocycles. The molecule has 7 heteroatoms. The van der Waals surface area contributed by atoms with Gasteiger partial charge in [0.2, 0.25) is 0 Å². The fourth-order valence-electron chi connectivity index (χ4n) is 4.56. The van der Waals surface area contributed by atoms with Crippen LogP contribution in [-0.4, -0.2) is 40.2 Å².